The van der Waals surface area contributed by atoms with E-state index in [9.17, 15) is 0 Å². The summed E-state index contributed by atoms with van der Waals surface area (Å²) in [7, 11) is 1.00. The fraction of sp³-hybridized carbons (Fsp3) is 1.00. The van der Waals surface area contributed by atoms with Crippen molar-refractivity contribution < 1.29 is 5.11 Å². The molecular formula is C9H20O. The SMILES string of the molecule is C1CCCCCCC1.CO. The monoisotopic (exact) mass is 144 g/mol. The zero-order valence-corrected chi connectivity index (χ0v) is 7.10. The summed E-state index contributed by atoms with van der Waals surface area (Å²) < 4.78 is 0. The lowest BCUT2D eigenvalue weighted by molar-refractivity contribution is 0.399. The van der Waals surface area contributed by atoms with Gasteiger partial charge in [-0.1, -0.05) is 51.4 Å². The van der Waals surface area contributed by atoms with Crippen LogP contribution in [0.25, 0.3) is 0 Å². The van der Waals surface area contributed by atoms with Gasteiger partial charge in [0.15, 0.2) is 0 Å². The van der Waals surface area contributed by atoms with Gasteiger partial charge in [-0.25, -0.2) is 0 Å². The smallest absolute Gasteiger partial charge is 0.0319 e. The molecule has 0 amide bonds. The fourth-order valence-electron chi connectivity index (χ4n) is 1.41. The first-order valence-electron chi connectivity index (χ1n) is 4.45. The molecule has 1 heteroatoms. The maximum Gasteiger partial charge on any atom is 0.0319 e. The van der Waals surface area contributed by atoms with Gasteiger partial charge in [0.05, 0.1) is 0 Å². The van der Waals surface area contributed by atoms with E-state index < -0.39 is 0 Å². The van der Waals surface area contributed by atoms with Crippen LogP contribution in [-0.4, -0.2) is 12.2 Å². The highest BCUT2D eigenvalue weighted by Crippen LogP contribution is 2.15. The van der Waals surface area contributed by atoms with Crippen molar-refractivity contribution in [3.05, 3.63) is 0 Å². The Hall–Kier alpha value is -0.0400. The van der Waals surface area contributed by atoms with Crippen LogP contribution in [0, 0.1) is 0 Å². The van der Waals surface area contributed by atoms with Gasteiger partial charge in [0.1, 0.15) is 0 Å². The molecule has 0 heterocycles. The van der Waals surface area contributed by atoms with Crippen molar-refractivity contribution in [3.8, 4) is 0 Å². The van der Waals surface area contributed by atoms with Gasteiger partial charge in [-0.2, -0.15) is 0 Å². The average molecular weight is 144 g/mol. The Morgan fingerprint density at radius 2 is 0.600 bits per heavy atom. The Bertz CT molecular complexity index is 28.7. The molecule has 1 rings (SSSR count). The number of aliphatic hydroxyl groups is 1. The lowest BCUT2D eigenvalue weighted by atomic mass is 10.0. The highest BCUT2D eigenvalue weighted by Gasteiger charge is 1.95. The zero-order valence-electron chi connectivity index (χ0n) is 7.10. The van der Waals surface area contributed by atoms with Gasteiger partial charge in [0.2, 0.25) is 0 Å². The number of aliphatic hydroxyl groups excluding tert-OH is 1. The molecule has 0 bridgehead atoms. The Balaban J connectivity index is 0.000000371. The summed E-state index contributed by atoms with van der Waals surface area (Å²) >= 11 is 0. The molecule has 1 fully saturated rings. The summed E-state index contributed by atoms with van der Waals surface area (Å²) in [4.78, 5) is 0. The molecule has 0 aromatic heterocycles. The molecule has 0 atom stereocenters. The summed E-state index contributed by atoms with van der Waals surface area (Å²) in [6.07, 6.45) is 12.0. The third-order valence-corrected chi connectivity index (χ3v) is 2.00. The highest BCUT2D eigenvalue weighted by molar-refractivity contribution is 4.51. The highest BCUT2D eigenvalue weighted by atomic mass is 16.2. The Kier molecular flexibility index (Phi) is 8.92. The van der Waals surface area contributed by atoms with E-state index >= 15 is 0 Å². The third-order valence-electron chi connectivity index (χ3n) is 2.00. The summed E-state index contributed by atoms with van der Waals surface area (Å²) in [6.45, 7) is 0. The van der Waals surface area contributed by atoms with E-state index in [1.165, 1.54) is 51.4 Å². The van der Waals surface area contributed by atoms with Gasteiger partial charge in [0, 0.05) is 7.11 Å². The third kappa shape index (κ3) is 6.09. The predicted octanol–water partition coefficient (Wildman–Crippen LogP) is 2.73. The lowest BCUT2D eigenvalue weighted by Gasteiger charge is -2.05. The normalized spacial score (nSPS) is 19.8. The molecule has 1 nitrogen and oxygen atoms in total. The van der Waals surface area contributed by atoms with Crippen molar-refractivity contribution in [2.24, 2.45) is 0 Å². The Labute approximate surface area is 64.5 Å². The van der Waals surface area contributed by atoms with E-state index in [2.05, 4.69) is 0 Å². The molecular weight excluding hydrogens is 124 g/mol. The minimum atomic E-state index is 1.00. The largest absolute Gasteiger partial charge is 0.400 e. The fourth-order valence-corrected chi connectivity index (χ4v) is 1.41. The minimum absolute atomic E-state index is 1.00. The Morgan fingerprint density at radius 3 is 0.700 bits per heavy atom. The van der Waals surface area contributed by atoms with E-state index in [0.717, 1.165) is 7.11 Å². The first-order chi connectivity index (χ1) is 5.00. The minimum Gasteiger partial charge on any atom is -0.400 e. The molecule has 1 aliphatic rings. The number of hydrogen-bond donors (Lipinski definition) is 1. The first-order valence-corrected chi connectivity index (χ1v) is 4.45. The predicted molar refractivity (Wildman–Crippen MR) is 45.1 cm³/mol. The van der Waals surface area contributed by atoms with Crippen LogP contribution in [0.2, 0.25) is 0 Å². The van der Waals surface area contributed by atoms with Crippen LogP contribution >= 0.6 is 0 Å². The van der Waals surface area contributed by atoms with Crippen molar-refractivity contribution >= 4 is 0 Å². The maximum atomic E-state index is 7.00. The van der Waals surface area contributed by atoms with E-state index in [0.29, 0.717) is 0 Å². The zero-order chi connectivity index (χ0) is 7.66. The Morgan fingerprint density at radius 1 is 0.500 bits per heavy atom. The van der Waals surface area contributed by atoms with Crippen LogP contribution < -0.4 is 0 Å². The number of hydrogen-bond acceptors (Lipinski definition) is 1. The molecule has 0 aromatic carbocycles. The lowest BCUT2D eigenvalue weighted by Crippen LogP contribution is -1.85. The van der Waals surface area contributed by atoms with Crippen LogP contribution in [0.3, 0.4) is 0 Å². The molecule has 1 aliphatic carbocycles. The van der Waals surface area contributed by atoms with Crippen LogP contribution in [0.15, 0.2) is 0 Å². The molecule has 62 valence electrons. The summed E-state index contributed by atoms with van der Waals surface area (Å²) in [5.41, 5.74) is 0. The average Bonchev–Trinajstić information content (AvgIpc) is 1.90. The van der Waals surface area contributed by atoms with E-state index in [1.807, 2.05) is 0 Å². The van der Waals surface area contributed by atoms with Crippen LogP contribution in [0.1, 0.15) is 51.4 Å². The van der Waals surface area contributed by atoms with Gasteiger partial charge in [0.25, 0.3) is 0 Å². The molecule has 10 heavy (non-hydrogen) atoms. The second-order valence-corrected chi connectivity index (χ2v) is 2.83. The van der Waals surface area contributed by atoms with Crippen LogP contribution in [-0.2, 0) is 0 Å². The van der Waals surface area contributed by atoms with Crippen molar-refractivity contribution in [1.82, 2.24) is 0 Å². The second kappa shape index (κ2) is 8.96. The molecule has 0 radical (unpaired) electrons. The van der Waals surface area contributed by atoms with Gasteiger partial charge in [-0.3, -0.25) is 0 Å². The van der Waals surface area contributed by atoms with Crippen molar-refractivity contribution in [2.75, 3.05) is 7.11 Å². The molecule has 1 saturated carbocycles. The molecule has 0 aromatic rings. The van der Waals surface area contributed by atoms with E-state index in [-0.39, 0.29) is 0 Å². The molecule has 0 aliphatic heterocycles. The topological polar surface area (TPSA) is 20.2 Å². The van der Waals surface area contributed by atoms with Crippen molar-refractivity contribution in [2.45, 2.75) is 51.4 Å². The van der Waals surface area contributed by atoms with Crippen molar-refractivity contribution in [3.63, 3.8) is 0 Å². The standard InChI is InChI=1S/C8H16.CH4O/c1-2-4-6-8-7-5-3-1;1-2/h1-8H2;2H,1H3. The van der Waals surface area contributed by atoms with E-state index in [1.54, 1.807) is 0 Å². The summed E-state index contributed by atoms with van der Waals surface area (Å²) in [6, 6.07) is 0. The molecule has 1 N–H and O–H groups in total. The second-order valence-electron chi connectivity index (χ2n) is 2.83. The van der Waals surface area contributed by atoms with Gasteiger partial charge < -0.3 is 5.11 Å². The van der Waals surface area contributed by atoms with Crippen molar-refractivity contribution in [1.29, 1.82) is 0 Å². The van der Waals surface area contributed by atoms with Gasteiger partial charge in [-0.05, 0) is 0 Å². The molecule has 0 spiro atoms. The summed E-state index contributed by atoms with van der Waals surface area (Å²) in [5.74, 6) is 0. The van der Waals surface area contributed by atoms with Gasteiger partial charge >= 0.3 is 0 Å². The maximum absolute atomic E-state index is 7.00. The van der Waals surface area contributed by atoms with Crippen LogP contribution in [0.4, 0.5) is 0 Å². The quantitative estimate of drug-likeness (QED) is 0.554. The van der Waals surface area contributed by atoms with E-state index in [4.69, 9.17) is 5.11 Å². The van der Waals surface area contributed by atoms with Crippen LogP contribution in [0.5, 0.6) is 0 Å². The first kappa shape index (κ1) is 9.96. The summed E-state index contributed by atoms with van der Waals surface area (Å²) in [5, 5.41) is 7.00. The number of rotatable bonds is 0. The molecule has 0 saturated heterocycles. The van der Waals surface area contributed by atoms with Gasteiger partial charge in [-0.15, -0.1) is 0 Å². The molecule has 0 unspecified atom stereocenters.